The molecule has 1 unspecified atom stereocenters. The molecule has 3 N–H and O–H groups in total. The molecule has 2 rings (SSSR count). The molecule has 146 valence electrons. The van der Waals surface area contributed by atoms with E-state index >= 15 is 0 Å². The van der Waals surface area contributed by atoms with Gasteiger partial charge in [-0.15, -0.1) is 0 Å². The van der Waals surface area contributed by atoms with Crippen LogP contribution in [-0.4, -0.2) is 43.2 Å². The van der Waals surface area contributed by atoms with Crippen molar-refractivity contribution in [3.8, 4) is 5.75 Å². The third-order valence-corrected chi connectivity index (χ3v) is 5.23. The zero-order chi connectivity index (χ0) is 20.2. The topological polar surface area (TPSA) is 148 Å². The van der Waals surface area contributed by atoms with Crippen molar-refractivity contribution in [2.24, 2.45) is 0 Å². The predicted octanol–water partition coefficient (Wildman–Crippen LogP) is 1.06. The third-order valence-electron chi connectivity index (χ3n) is 3.45. The number of nitrogens with zero attached hydrogens (tertiary/aromatic N) is 1. The summed E-state index contributed by atoms with van der Waals surface area (Å²) in [5, 5.41) is 14.7. The first-order valence-corrected chi connectivity index (χ1v) is 9.29. The Morgan fingerprint density at radius 3 is 2.41 bits per heavy atom. The van der Waals surface area contributed by atoms with Gasteiger partial charge in [0.05, 0.1) is 6.04 Å². The molecular formula is C16H19N3O7S. The molecule has 1 amide bonds. The van der Waals surface area contributed by atoms with Gasteiger partial charge in [-0.1, -0.05) is 5.16 Å². The van der Waals surface area contributed by atoms with Crippen molar-refractivity contribution < 1.29 is 32.4 Å². The highest BCUT2D eigenvalue weighted by Gasteiger charge is 2.28. The van der Waals surface area contributed by atoms with Crippen molar-refractivity contribution in [1.82, 2.24) is 9.88 Å². The number of anilines is 1. The Morgan fingerprint density at radius 1 is 1.26 bits per heavy atom. The van der Waals surface area contributed by atoms with E-state index in [1.165, 1.54) is 45.0 Å². The quantitative estimate of drug-likeness (QED) is 0.599. The Kier molecular flexibility index (Phi) is 6.18. The molecule has 0 aliphatic heterocycles. The monoisotopic (exact) mass is 397 g/mol. The van der Waals surface area contributed by atoms with E-state index in [0.717, 1.165) is 0 Å². The average molecular weight is 397 g/mol. The second-order valence-corrected chi connectivity index (χ2v) is 7.34. The summed E-state index contributed by atoms with van der Waals surface area (Å²) in [6, 6.07) is 4.91. The minimum Gasteiger partial charge on any atom is -0.482 e. The van der Waals surface area contributed by atoms with Gasteiger partial charge in [0.25, 0.3) is 0 Å². The van der Waals surface area contributed by atoms with Crippen LogP contribution in [0.25, 0.3) is 0 Å². The summed E-state index contributed by atoms with van der Waals surface area (Å²) >= 11 is 0. The molecule has 0 spiro atoms. The summed E-state index contributed by atoms with van der Waals surface area (Å²) in [6.07, 6.45) is 0. The number of carboxylic acids is 1. The number of amides is 1. The maximum Gasteiger partial charge on any atom is 0.341 e. The average Bonchev–Trinajstić information content (AvgIpc) is 2.93. The number of nitrogens with one attached hydrogen (secondary N) is 2. The van der Waals surface area contributed by atoms with E-state index < -0.39 is 34.5 Å². The van der Waals surface area contributed by atoms with Crippen LogP contribution in [-0.2, 0) is 19.6 Å². The van der Waals surface area contributed by atoms with Gasteiger partial charge in [0.15, 0.2) is 12.4 Å². The molecule has 1 aromatic carbocycles. The molecule has 0 radical (unpaired) electrons. The molecule has 1 aromatic heterocycles. The fourth-order valence-corrected chi connectivity index (χ4v) is 3.77. The molecule has 11 heteroatoms. The molecule has 2 aromatic rings. The minimum absolute atomic E-state index is 0.0953. The number of aryl methyl sites for hydroxylation is 2. The van der Waals surface area contributed by atoms with E-state index in [1.807, 2.05) is 0 Å². The normalized spacial score (nSPS) is 12.4. The lowest BCUT2D eigenvalue weighted by molar-refractivity contribution is -0.139. The number of sulfonamides is 1. The fourth-order valence-electron chi connectivity index (χ4n) is 2.23. The number of carbonyl (C=O) groups excluding carboxylic acids is 1. The summed E-state index contributed by atoms with van der Waals surface area (Å²) < 4.78 is 36.9. The number of benzene rings is 1. The number of carboxylic acid groups (broad SMARTS) is 1. The zero-order valence-electron chi connectivity index (χ0n) is 14.8. The van der Waals surface area contributed by atoms with Crippen LogP contribution in [0.1, 0.15) is 18.4 Å². The summed E-state index contributed by atoms with van der Waals surface area (Å²) in [5.74, 6) is -1.23. The molecule has 0 bridgehead atoms. The van der Waals surface area contributed by atoms with Crippen LogP contribution in [0.4, 0.5) is 5.69 Å². The first-order valence-electron chi connectivity index (χ1n) is 7.81. The Balaban J connectivity index is 2.00. The molecule has 0 fully saturated rings. The largest absolute Gasteiger partial charge is 0.482 e. The zero-order valence-corrected chi connectivity index (χ0v) is 15.7. The fraction of sp³-hybridized carbons (Fsp3) is 0.312. The Labute approximate surface area is 155 Å². The maximum atomic E-state index is 12.4. The molecule has 1 heterocycles. The molecule has 1 atom stereocenters. The first kappa shape index (κ1) is 20.4. The third kappa shape index (κ3) is 5.28. The van der Waals surface area contributed by atoms with Crippen molar-refractivity contribution in [3.05, 3.63) is 35.7 Å². The second-order valence-electron chi connectivity index (χ2n) is 5.69. The molecular weight excluding hydrogens is 378 g/mol. The molecule has 10 nitrogen and oxygen atoms in total. The van der Waals surface area contributed by atoms with Crippen LogP contribution in [0.5, 0.6) is 5.75 Å². The SMILES string of the molecule is Cc1noc(C)c1S(=O)(=O)NC(C)C(=O)Nc1ccc(OCC(=O)O)cc1. The van der Waals surface area contributed by atoms with Gasteiger partial charge in [0.1, 0.15) is 16.3 Å². The van der Waals surface area contributed by atoms with Gasteiger partial charge in [-0.2, -0.15) is 4.72 Å². The number of ether oxygens (including phenoxy) is 1. The summed E-state index contributed by atoms with van der Waals surface area (Å²) in [5.41, 5.74) is 0.593. The molecule has 0 saturated heterocycles. The van der Waals surface area contributed by atoms with Crippen molar-refractivity contribution in [2.45, 2.75) is 31.7 Å². The molecule has 0 aliphatic rings. The maximum absolute atomic E-state index is 12.4. The lowest BCUT2D eigenvalue weighted by Gasteiger charge is -2.14. The van der Waals surface area contributed by atoms with Crippen LogP contribution in [0.3, 0.4) is 0 Å². The lowest BCUT2D eigenvalue weighted by Crippen LogP contribution is -2.41. The van der Waals surface area contributed by atoms with Gasteiger partial charge in [-0.25, -0.2) is 13.2 Å². The smallest absolute Gasteiger partial charge is 0.341 e. The number of rotatable bonds is 8. The van der Waals surface area contributed by atoms with E-state index in [-0.39, 0.29) is 16.3 Å². The molecule has 27 heavy (non-hydrogen) atoms. The van der Waals surface area contributed by atoms with E-state index in [4.69, 9.17) is 14.4 Å². The molecule has 0 saturated carbocycles. The highest BCUT2D eigenvalue weighted by atomic mass is 32.2. The Bertz CT molecular complexity index is 916. The van der Waals surface area contributed by atoms with Crippen LogP contribution >= 0.6 is 0 Å². The van der Waals surface area contributed by atoms with Crippen LogP contribution in [0.15, 0.2) is 33.7 Å². The van der Waals surface area contributed by atoms with Gasteiger partial charge in [-0.05, 0) is 45.0 Å². The number of hydrogen-bond acceptors (Lipinski definition) is 7. The van der Waals surface area contributed by atoms with E-state index in [9.17, 15) is 18.0 Å². The van der Waals surface area contributed by atoms with Crippen LogP contribution in [0, 0.1) is 13.8 Å². The Morgan fingerprint density at radius 2 is 1.89 bits per heavy atom. The van der Waals surface area contributed by atoms with E-state index in [1.54, 1.807) is 0 Å². The van der Waals surface area contributed by atoms with E-state index in [2.05, 4.69) is 15.2 Å². The van der Waals surface area contributed by atoms with Gasteiger partial charge >= 0.3 is 5.97 Å². The summed E-state index contributed by atoms with van der Waals surface area (Å²) in [4.78, 5) is 22.6. The van der Waals surface area contributed by atoms with Gasteiger partial charge < -0.3 is 19.7 Å². The Hall–Kier alpha value is -2.92. The standard InChI is InChI=1S/C16H19N3O7S/c1-9-15(11(3)26-18-9)27(23,24)19-10(2)16(22)17-12-4-6-13(7-5-12)25-8-14(20)21/h4-7,10,19H,8H2,1-3H3,(H,17,22)(H,20,21). The van der Waals surface area contributed by atoms with Gasteiger partial charge in [0.2, 0.25) is 15.9 Å². The van der Waals surface area contributed by atoms with E-state index in [0.29, 0.717) is 11.4 Å². The van der Waals surface area contributed by atoms with Crippen LogP contribution < -0.4 is 14.8 Å². The number of aromatic nitrogens is 1. The minimum atomic E-state index is -3.98. The number of aliphatic carboxylic acids is 1. The first-order chi connectivity index (χ1) is 12.6. The lowest BCUT2D eigenvalue weighted by atomic mass is 10.2. The summed E-state index contributed by atoms with van der Waals surface area (Å²) in [7, 11) is -3.98. The van der Waals surface area contributed by atoms with Crippen molar-refractivity contribution in [1.29, 1.82) is 0 Å². The highest BCUT2D eigenvalue weighted by Crippen LogP contribution is 2.19. The highest BCUT2D eigenvalue weighted by molar-refractivity contribution is 7.89. The number of carbonyl (C=O) groups is 2. The number of hydrogen-bond donors (Lipinski definition) is 3. The van der Waals surface area contributed by atoms with Crippen molar-refractivity contribution in [3.63, 3.8) is 0 Å². The van der Waals surface area contributed by atoms with Crippen LogP contribution in [0.2, 0.25) is 0 Å². The second kappa shape index (κ2) is 8.18. The molecule has 0 aliphatic carbocycles. The van der Waals surface area contributed by atoms with Gasteiger partial charge in [-0.3, -0.25) is 4.79 Å². The van der Waals surface area contributed by atoms with Gasteiger partial charge in [0, 0.05) is 5.69 Å². The van der Waals surface area contributed by atoms with Crippen molar-refractivity contribution >= 4 is 27.6 Å². The predicted molar refractivity (Wildman–Crippen MR) is 94.0 cm³/mol. The summed E-state index contributed by atoms with van der Waals surface area (Å²) in [6.45, 7) is 3.87. The van der Waals surface area contributed by atoms with Crippen molar-refractivity contribution in [2.75, 3.05) is 11.9 Å².